The molecule has 12 nitrogen and oxygen atoms in total. The summed E-state index contributed by atoms with van der Waals surface area (Å²) in [7, 11) is 0. The van der Waals surface area contributed by atoms with Crippen LogP contribution in [0, 0.1) is 29.6 Å². The molecule has 2 aliphatic heterocycles. The maximum atomic E-state index is 14.3. The van der Waals surface area contributed by atoms with E-state index >= 15 is 0 Å². The molecule has 2 heterocycles. The Morgan fingerprint density at radius 2 is 1.52 bits per heavy atom. The van der Waals surface area contributed by atoms with E-state index in [1.807, 2.05) is 114 Å². The molecule has 2 saturated heterocycles. The van der Waals surface area contributed by atoms with Gasteiger partial charge in [0.15, 0.2) is 11.6 Å². The van der Waals surface area contributed by atoms with Crippen LogP contribution in [0.25, 0.3) is 0 Å². The van der Waals surface area contributed by atoms with Crippen molar-refractivity contribution in [2.24, 2.45) is 35.3 Å². The summed E-state index contributed by atoms with van der Waals surface area (Å²) in [6, 6.07) is 17.5. The topological polar surface area (TPSA) is 171 Å². The third-order valence-corrected chi connectivity index (χ3v) is 12.5. The fraction of sp³-hybridized carbons (Fsp3) is 0.620. The normalized spacial score (nSPS) is 19.9. The average molecular weight is 858 g/mol. The number of amides is 3. The number of ketones is 2. The van der Waals surface area contributed by atoms with E-state index in [-0.39, 0.29) is 73.7 Å². The molecule has 0 radical (unpaired) electrons. The van der Waals surface area contributed by atoms with E-state index in [4.69, 9.17) is 10.5 Å². The predicted octanol–water partition coefficient (Wildman–Crippen LogP) is 7.81. The highest BCUT2D eigenvalue weighted by Crippen LogP contribution is 2.41. The standard InChI is InChI=1S/C50H75N5O7/c1-34(2)27-40(51)24-23-39(28-36-17-11-9-12-18-36)47(59)54-26-16-22-43(54)45(57)30-41(35(3)4)46(58)53-42(21-15-25-52-48(60)62-33-37-19-13-10-14-20-37)44(56)29-38-31-49(5,6)55(61)50(7,8)32-38/h9-14,17-20,23-24,34-35,38-43,61H,15-16,21-22,25-33,51H2,1-8H3,(H,52,60)(H,53,58)/b24-23+/t39-,40-,41+,42+,43+/m1/s1. The van der Waals surface area contributed by atoms with E-state index in [9.17, 15) is 29.2 Å². The Kier molecular flexibility index (Phi) is 18.9. The number of ether oxygens (including phenoxy) is 1. The van der Waals surface area contributed by atoms with Gasteiger partial charge in [-0.15, -0.1) is 0 Å². The molecule has 2 aromatic carbocycles. The van der Waals surface area contributed by atoms with E-state index in [0.29, 0.717) is 51.0 Å². The van der Waals surface area contributed by atoms with E-state index in [1.165, 1.54) is 5.06 Å². The number of carbonyl (C=O) groups is 5. The number of nitrogens with one attached hydrogen (secondary N) is 2. The monoisotopic (exact) mass is 858 g/mol. The molecular formula is C50H75N5O7. The smallest absolute Gasteiger partial charge is 0.407 e. The third-order valence-electron chi connectivity index (χ3n) is 12.5. The van der Waals surface area contributed by atoms with Crippen molar-refractivity contribution in [3.63, 3.8) is 0 Å². The maximum absolute atomic E-state index is 14.3. The van der Waals surface area contributed by atoms with Crippen LogP contribution in [0.1, 0.15) is 124 Å². The number of hydrogen-bond donors (Lipinski definition) is 4. The van der Waals surface area contributed by atoms with Crippen LogP contribution < -0.4 is 16.4 Å². The van der Waals surface area contributed by atoms with E-state index in [1.54, 1.807) is 4.90 Å². The van der Waals surface area contributed by atoms with E-state index < -0.39 is 41.1 Å². The molecule has 4 rings (SSSR count). The first-order valence-corrected chi connectivity index (χ1v) is 22.8. The van der Waals surface area contributed by atoms with Gasteiger partial charge in [-0.1, -0.05) is 101 Å². The summed E-state index contributed by atoms with van der Waals surface area (Å²) in [5.41, 5.74) is 7.18. The van der Waals surface area contributed by atoms with Crippen LogP contribution in [0.2, 0.25) is 0 Å². The lowest BCUT2D eigenvalue weighted by atomic mass is 9.73. The lowest BCUT2D eigenvalue weighted by Crippen LogP contribution is -2.59. The molecule has 5 atom stereocenters. The summed E-state index contributed by atoms with van der Waals surface area (Å²) in [5, 5.41) is 18.1. The first kappa shape index (κ1) is 50.3. The van der Waals surface area contributed by atoms with Crippen molar-refractivity contribution in [1.82, 2.24) is 20.6 Å². The molecule has 0 aliphatic carbocycles. The fourth-order valence-corrected chi connectivity index (χ4v) is 9.48. The van der Waals surface area contributed by atoms with Crippen LogP contribution in [0.3, 0.4) is 0 Å². The summed E-state index contributed by atoms with van der Waals surface area (Å²) in [6.45, 7) is 16.7. The highest BCUT2D eigenvalue weighted by atomic mass is 16.5. The van der Waals surface area contributed by atoms with Gasteiger partial charge in [0.25, 0.3) is 0 Å². The fourth-order valence-electron chi connectivity index (χ4n) is 9.48. The van der Waals surface area contributed by atoms with Gasteiger partial charge in [0.1, 0.15) is 6.61 Å². The number of nitrogens with zero attached hydrogens (tertiary/aromatic N) is 2. The van der Waals surface area contributed by atoms with Crippen molar-refractivity contribution in [3.05, 3.63) is 83.9 Å². The van der Waals surface area contributed by atoms with Gasteiger partial charge in [-0.25, -0.2) is 4.79 Å². The van der Waals surface area contributed by atoms with Crippen molar-refractivity contribution in [2.75, 3.05) is 13.1 Å². The maximum Gasteiger partial charge on any atom is 0.407 e. The molecule has 0 bridgehead atoms. The van der Waals surface area contributed by atoms with Gasteiger partial charge in [-0.05, 0) is 108 Å². The zero-order valence-corrected chi connectivity index (χ0v) is 38.6. The lowest BCUT2D eigenvalue weighted by Gasteiger charge is -2.51. The van der Waals surface area contributed by atoms with E-state index in [0.717, 1.165) is 17.5 Å². The second-order valence-corrected chi connectivity index (χ2v) is 19.8. The van der Waals surface area contributed by atoms with Gasteiger partial charge in [-0.3, -0.25) is 19.2 Å². The number of piperidine rings is 1. The highest BCUT2D eigenvalue weighted by molar-refractivity contribution is 5.95. The van der Waals surface area contributed by atoms with Crippen LogP contribution in [-0.4, -0.2) is 86.9 Å². The second-order valence-electron chi connectivity index (χ2n) is 19.8. The highest BCUT2D eigenvalue weighted by Gasteiger charge is 2.46. The molecule has 12 heteroatoms. The van der Waals surface area contributed by atoms with Crippen LogP contribution in [0.4, 0.5) is 4.79 Å². The molecule has 2 aromatic rings. The zero-order chi connectivity index (χ0) is 45.6. The van der Waals surface area contributed by atoms with Crippen molar-refractivity contribution >= 4 is 29.5 Å². The molecule has 342 valence electrons. The minimum Gasteiger partial charge on any atom is -0.445 e. The number of alkyl carbamates (subject to hydrolysis) is 1. The average Bonchev–Trinajstić information content (AvgIpc) is 3.71. The summed E-state index contributed by atoms with van der Waals surface area (Å²) < 4.78 is 5.35. The molecule has 62 heavy (non-hydrogen) atoms. The van der Waals surface area contributed by atoms with Crippen LogP contribution in [-0.2, 0) is 36.9 Å². The minimum atomic E-state index is -0.850. The van der Waals surface area contributed by atoms with Gasteiger partial charge in [0.05, 0.1) is 18.0 Å². The number of hydrogen-bond acceptors (Lipinski definition) is 9. The molecule has 0 aromatic heterocycles. The Bertz CT molecular complexity index is 1780. The Hall–Kier alpha value is -4.39. The number of likely N-dealkylation sites (tertiary alicyclic amines) is 1. The molecule has 0 unspecified atom stereocenters. The largest absolute Gasteiger partial charge is 0.445 e. The minimum absolute atomic E-state index is 0.0266. The third kappa shape index (κ3) is 15.2. The Morgan fingerprint density at radius 1 is 0.903 bits per heavy atom. The number of carbonyl (C=O) groups excluding carboxylic acids is 5. The predicted molar refractivity (Wildman–Crippen MR) is 243 cm³/mol. The lowest BCUT2D eigenvalue weighted by molar-refractivity contribution is -0.251. The van der Waals surface area contributed by atoms with E-state index in [2.05, 4.69) is 24.5 Å². The van der Waals surface area contributed by atoms with Crippen molar-refractivity contribution in [1.29, 1.82) is 0 Å². The van der Waals surface area contributed by atoms with Crippen LogP contribution in [0.5, 0.6) is 0 Å². The number of benzene rings is 2. The molecule has 3 amide bonds. The van der Waals surface area contributed by atoms with Crippen molar-refractivity contribution in [3.8, 4) is 0 Å². The number of nitrogens with two attached hydrogens (primary N) is 1. The van der Waals surface area contributed by atoms with Gasteiger partial charge in [-0.2, -0.15) is 5.06 Å². The number of hydroxylamine groups is 2. The molecule has 5 N–H and O–H groups in total. The molecule has 2 fully saturated rings. The molecular weight excluding hydrogens is 783 g/mol. The zero-order valence-electron chi connectivity index (χ0n) is 38.6. The SMILES string of the molecule is CC(C)C[C@H](N)/C=C/[C@H](Cc1ccccc1)C(=O)N1CCC[C@H]1C(=O)C[C@H](C(=O)N[C@@H](CCCNC(=O)OCc1ccccc1)C(=O)CC1CC(C)(C)N(O)C(C)(C)C1)C(C)C. The summed E-state index contributed by atoms with van der Waals surface area (Å²) in [6.07, 6.45) is 7.73. The summed E-state index contributed by atoms with van der Waals surface area (Å²) in [5.74, 6) is -1.87. The Balaban J connectivity index is 1.46. The summed E-state index contributed by atoms with van der Waals surface area (Å²) >= 11 is 0. The van der Waals surface area contributed by atoms with Crippen molar-refractivity contribution in [2.45, 2.75) is 155 Å². The first-order chi connectivity index (χ1) is 29.3. The van der Waals surface area contributed by atoms with Crippen LogP contribution in [0.15, 0.2) is 72.8 Å². The van der Waals surface area contributed by atoms with Gasteiger partial charge < -0.3 is 31.2 Å². The first-order valence-electron chi connectivity index (χ1n) is 22.8. The number of rotatable bonds is 22. The molecule has 0 spiro atoms. The Morgan fingerprint density at radius 3 is 2.11 bits per heavy atom. The van der Waals surface area contributed by atoms with Crippen LogP contribution >= 0.6 is 0 Å². The van der Waals surface area contributed by atoms with Crippen molar-refractivity contribution < 1.29 is 33.9 Å². The quantitative estimate of drug-likeness (QED) is 0.0681. The van der Waals surface area contributed by atoms with Gasteiger partial charge in [0.2, 0.25) is 11.8 Å². The van der Waals surface area contributed by atoms with Gasteiger partial charge >= 0.3 is 6.09 Å². The van der Waals surface area contributed by atoms with Gasteiger partial charge in [0, 0.05) is 49.0 Å². The Labute approximate surface area is 370 Å². The summed E-state index contributed by atoms with van der Waals surface area (Å²) in [4.78, 5) is 71.2. The molecule has 0 saturated carbocycles. The molecule has 2 aliphatic rings. The number of Topliss-reactive ketones (excluding diaryl/α,β-unsaturated/α-hetero) is 2. The second kappa shape index (κ2) is 23.3.